The third-order valence-corrected chi connectivity index (χ3v) is 10.4. The molecule has 5 nitrogen and oxygen atoms in total. The summed E-state index contributed by atoms with van der Waals surface area (Å²) in [4.78, 5) is 19.1. The normalized spacial score (nSPS) is 12.5. The molecule has 0 fully saturated rings. The predicted molar refractivity (Wildman–Crippen MR) is 135 cm³/mol. The van der Waals surface area contributed by atoms with Crippen LogP contribution in [-0.4, -0.2) is 25.0 Å². The highest BCUT2D eigenvalue weighted by atomic mass is 35.5. The third kappa shape index (κ3) is 7.61. The van der Waals surface area contributed by atoms with Gasteiger partial charge in [0.25, 0.3) is 0 Å². The van der Waals surface area contributed by atoms with E-state index in [0.717, 1.165) is 16.7 Å². The van der Waals surface area contributed by atoms with Gasteiger partial charge in [-0.25, -0.2) is 4.79 Å². The van der Waals surface area contributed by atoms with Gasteiger partial charge in [0, 0.05) is 12.1 Å². The molecular formula is C25H37ClN2O3Si. The van der Waals surface area contributed by atoms with Crippen LogP contribution < -0.4 is 4.90 Å². The first-order chi connectivity index (χ1) is 14.7. The first-order valence-electron chi connectivity index (χ1n) is 10.9. The number of carbonyl (C=O) groups excluding carboxylic acids is 1. The molecule has 0 bridgehead atoms. The molecule has 1 aromatic carbocycles. The smallest absolute Gasteiger partial charge is 0.415 e. The minimum Gasteiger partial charge on any atom is -0.443 e. The highest BCUT2D eigenvalue weighted by Crippen LogP contribution is 2.37. The van der Waals surface area contributed by atoms with Crippen LogP contribution in [-0.2, 0) is 28.2 Å². The van der Waals surface area contributed by atoms with Crippen LogP contribution >= 0.6 is 11.6 Å². The number of ether oxygens (including phenoxy) is 1. The molecule has 0 unspecified atom stereocenters. The van der Waals surface area contributed by atoms with Crippen molar-refractivity contribution in [1.29, 1.82) is 0 Å². The summed E-state index contributed by atoms with van der Waals surface area (Å²) in [5, 5.41) is 0.119. The molecule has 0 spiro atoms. The minimum atomic E-state index is -1.90. The van der Waals surface area contributed by atoms with Gasteiger partial charge in [0.2, 0.25) is 0 Å². The van der Waals surface area contributed by atoms with E-state index >= 15 is 0 Å². The summed E-state index contributed by atoms with van der Waals surface area (Å²) in [7, 11) is -1.90. The number of benzene rings is 1. The summed E-state index contributed by atoms with van der Waals surface area (Å²) in [6.45, 7) is 17.5. The van der Waals surface area contributed by atoms with E-state index in [1.165, 1.54) is 0 Å². The van der Waals surface area contributed by atoms with Gasteiger partial charge in [-0.3, -0.25) is 9.88 Å². The van der Waals surface area contributed by atoms with Crippen LogP contribution in [0.5, 0.6) is 0 Å². The number of hydrogen-bond donors (Lipinski definition) is 0. The Morgan fingerprint density at radius 2 is 1.69 bits per heavy atom. The zero-order valence-electron chi connectivity index (χ0n) is 20.7. The van der Waals surface area contributed by atoms with Crippen LogP contribution in [0.15, 0.2) is 42.7 Å². The maximum absolute atomic E-state index is 13.1. The number of nitrogens with zero attached hydrogens (tertiary/aromatic N) is 2. The quantitative estimate of drug-likeness (QED) is 0.311. The largest absolute Gasteiger partial charge is 0.443 e. The van der Waals surface area contributed by atoms with E-state index in [4.69, 9.17) is 20.8 Å². The molecule has 2 aromatic rings. The van der Waals surface area contributed by atoms with Crippen LogP contribution in [0.3, 0.4) is 0 Å². The summed E-state index contributed by atoms with van der Waals surface area (Å²) in [6.07, 6.45) is 3.06. The fourth-order valence-electron chi connectivity index (χ4n) is 2.75. The lowest BCUT2D eigenvalue weighted by molar-refractivity contribution is 0.0577. The molecular weight excluding hydrogens is 440 g/mol. The van der Waals surface area contributed by atoms with Gasteiger partial charge < -0.3 is 9.16 Å². The molecule has 32 heavy (non-hydrogen) atoms. The first kappa shape index (κ1) is 26.4. The Bertz CT molecular complexity index is 920. The number of alkyl halides is 1. The molecule has 1 amide bonds. The summed E-state index contributed by atoms with van der Waals surface area (Å²) in [5.74, 6) is 0.419. The van der Waals surface area contributed by atoms with Crippen molar-refractivity contribution in [1.82, 2.24) is 4.98 Å². The first-order valence-corrected chi connectivity index (χ1v) is 14.4. The molecule has 0 aliphatic rings. The number of halogens is 1. The fraction of sp³-hybridized carbons (Fsp3) is 0.520. The Morgan fingerprint density at radius 1 is 1.03 bits per heavy atom. The molecule has 0 aliphatic carbocycles. The fourth-order valence-corrected chi connectivity index (χ4v) is 3.88. The van der Waals surface area contributed by atoms with Gasteiger partial charge >= 0.3 is 6.09 Å². The van der Waals surface area contributed by atoms with E-state index in [1.807, 2.05) is 51.1 Å². The Morgan fingerprint density at radius 3 is 2.28 bits per heavy atom. The van der Waals surface area contributed by atoms with Crippen molar-refractivity contribution in [3.63, 3.8) is 0 Å². The SMILES string of the molecule is CC(C)(C)OC(=O)N(Cc1cccc(CCl)c1)c1cncc(CO[Si](C)(C)C(C)(C)C)c1. The van der Waals surface area contributed by atoms with E-state index in [1.54, 1.807) is 17.3 Å². The molecule has 1 heterocycles. The monoisotopic (exact) mass is 476 g/mol. The molecule has 0 radical (unpaired) electrons. The molecule has 0 saturated heterocycles. The minimum absolute atomic E-state index is 0.119. The van der Waals surface area contributed by atoms with Crippen molar-refractivity contribution >= 4 is 31.7 Å². The van der Waals surface area contributed by atoms with Gasteiger partial charge in [-0.05, 0) is 61.7 Å². The van der Waals surface area contributed by atoms with E-state index in [9.17, 15) is 4.79 Å². The van der Waals surface area contributed by atoms with Crippen LogP contribution in [0.25, 0.3) is 0 Å². The Kier molecular flexibility index (Phi) is 8.54. The Labute approximate surface area is 199 Å². The second-order valence-corrected chi connectivity index (χ2v) is 15.7. The van der Waals surface area contributed by atoms with Gasteiger partial charge in [-0.15, -0.1) is 11.6 Å². The number of hydrogen-bond acceptors (Lipinski definition) is 4. The standard InChI is InChI=1S/C25H37ClN2O3Si/c1-24(2,3)31-23(29)28(17-20-11-9-10-19(12-20)14-26)22-13-21(15-27-16-22)18-30-32(7,8)25(4,5)6/h9-13,15-16H,14,17-18H2,1-8H3. The second-order valence-electron chi connectivity index (χ2n) is 10.6. The molecule has 2 rings (SSSR count). The van der Waals surface area contributed by atoms with Gasteiger partial charge in [0.05, 0.1) is 25.0 Å². The van der Waals surface area contributed by atoms with Crippen molar-refractivity contribution in [3.8, 4) is 0 Å². The molecule has 0 aliphatic heterocycles. The summed E-state index contributed by atoms with van der Waals surface area (Å²) in [6, 6.07) is 9.85. The van der Waals surface area contributed by atoms with Gasteiger partial charge in [0.1, 0.15) is 5.60 Å². The molecule has 7 heteroatoms. The summed E-state index contributed by atoms with van der Waals surface area (Å²) < 4.78 is 12.0. The van der Waals surface area contributed by atoms with Crippen LogP contribution in [0, 0.1) is 0 Å². The lowest BCUT2D eigenvalue weighted by Crippen LogP contribution is -2.40. The average Bonchev–Trinajstić information content (AvgIpc) is 2.68. The summed E-state index contributed by atoms with van der Waals surface area (Å²) in [5.41, 5.74) is 2.96. The number of carbonyl (C=O) groups is 1. The molecule has 0 N–H and O–H groups in total. The average molecular weight is 477 g/mol. The van der Waals surface area contributed by atoms with Gasteiger partial charge in [0.15, 0.2) is 8.32 Å². The van der Waals surface area contributed by atoms with Crippen molar-refractivity contribution in [2.24, 2.45) is 0 Å². The lowest BCUT2D eigenvalue weighted by atomic mass is 10.1. The number of anilines is 1. The molecule has 0 atom stereocenters. The molecule has 176 valence electrons. The number of rotatable bonds is 7. The zero-order chi connectivity index (χ0) is 24.2. The third-order valence-electron chi connectivity index (χ3n) is 5.60. The number of amides is 1. The van der Waals surface area contributed by atoms with Crippen molar-refractivity contribution < 1.29 is 14.0 Å². The highest BCUT2D eigenvalue weighted by molar-refractivity contribution is 6.74. The maximum atomic E-state index is 13.1. The van der Waals surface area contributed by atoms with Gasteiger partial charge in [-0.2, -0.15) is 0 Å². The summed E-state index contributed by atoms with van der Waals surface area (Å²) >= 11 is 6.00. The van der Waals surface area contributed by atoms with E-state index in [0.29, 0.717) is 24.7 Å². The molecule has 1 aromatic heterocycles. The van der Waals surface area contributed by atoms with E-state index < -0.39 is 20.0 Å². The lowest BCUT2D eigenvalue weighted by Gasteiger charge is -2.36. The Hall–Kier alpha value is -1.89. The maximum Gasteiger partial charge on any atom is 0.415 e. The van der Waals surface area contributed by atoms with E-state index in [2.05, 4.69) is 38.8 Å². The van der Waals surface area contributed by atoms with Crippen LogP contribution in [0.2, 0.25) is 18.1 Å². The van der Waals surface area contributed by atoms with Crippen molar-refractivity contribution in [2.75, 3.05) is 4.90 Å². The number of aromatic nitrogens is 1. The molecule has 0 saturated carbocycles. The van der Waals surface area contributed by atoms with Gasteiger partial charge in [-0.1, -0.05) is 45.0 Å². The Balaban J connectivity index is 2.32. The topological polar surface area (TPSA) is 51.7 Å². The highest BCUT2D eigenvalue weighted by Gasteiger charge is 2.37. The van der Waals surface area contributed by atoms with Crippen LogP contribution in [0.1, 0.15) is 58.2 Å². The zero-order valence-corrected chi connectivity index (χ0v) is 22.4. The van der Waals surface area contributed by atoms with Crippen molar-refractivity contribution in [2.45, 2.75) is 84.3 Å². The van der Waals surface area contributed by atoms with Crippen molar-refractivity contribution in [3.05, 3.63) is 59.4 Å². The second kappa shape index (κ2) is 10.4. The van der Waals surface area contributed by atoms with E-state index in [-0.39, 0.29) is 5.04 Å². The predicted octanol–water partition coefficient (Wildman–Crippen LogP) is 7.28. The van der Waals surface area contributed by atoms with Crippen LogP contribution in [0.4, 0.5) is 10.5 Å². The number of pyridine rings is 1.